The lowest BCUT2D eigenvalue weighted by Gasteiger charge is -2.26. The van der Waals surface area contributed by atoms with Crippen molar-refractivity contribution in [3.8, 4) is 0 Å². The van der Waals surface area contributed by atoms with Crippen LogP contribution in [0.15, 0.2) is 18.2 Å². The first-order chi connectivity index (χ1) is 15.1. The van der Waals surface area contributed by atoms with Gasteiger partial charge in [0.25, 0.3) is 0 Å². The SMILES string of the molecule is Cc1nc(CC(=O)O)c(C2OCCO2)c(N[C@@H](c2cccc(C(F)(F)F)c2C)C2CC2)n1. The summed E-state index contributed by atoms with van der Waals surface area (Å²) < 4.78 is 51.7. The van der Waals surface area contributed by atoms with Crippen LogP contribution >= 0.6 is 0 Å². The summed E-state index contributed by atoms with van der Waals surface area (Å²) in [6, 6.07) is 3.75. The highest BCUT2D eigenvalue weighted by Crippen LogP contribution is 2.46. The van der Waals surface area contributed by atoms with Gasteiger partial charge in [-0.2, -0.15) is 13.2 Å². The van der Waals surface area contributed by atoms with Crippen LogP contribution in [-0.4, -0.2) is 34.3 Å². The molecule has 0 bridgehead atoms. The summed E-state index contributed by atoms with van der Waals surface area (Å²) in [4.78, 5) is 20.2. The van der Waals surface area contributed by atoms with Crippen LogP contribution in [-0.2, 0) is 26.9 Å². The van der Waals surface area contributed by atoms with Crippen molar-refractivity contribution in [2.75, 3.05) is 18.5 Å². The van der Waals surface area contributed by atoms with Gasteiger partial charge in [0.15, 0.2) is 6.29 Å². The number of alkyl halides is 3. The third-order valence-corrected chi connectivity index (χ3v) is 5.71. The van der Waals surface area contributed by atoms with Crippen LogP contribution < -0.4 is 5.32 Å². The van der Waals surface area contributed by atoms with E-state index in [0.29, 0.717) is 36.0 Å². The molecule has 1 aliphatic heterocycles. The van der Waals surface area contributed by atoms with Gasteiger partial charge in [-0.1, -0.05) is 12.1 Å². The largest absolute Gasteiger partial charge is 0.481 e. The van der Waals surface area contributed by atoms with Crippen LogP contribution in [0.1, 0.15) is 58.9 Å². The van der Waals surface area contributed by atoms with Crippen LogP contribution in [0.2, 0.25) is 0 Å². The standard InChI is InChI=1S/C22H24F3N3O4/c1-11-14(4-3-5-15(11)22(23,24)25)19(13-6-7-13)28-20-18(21-31-8-9-32-21)16(10-17(29)30)26-12(2)27-20/h3-5,13,19,21H,6-10H2,1-2H3,(H,29,30)(H,26,27,28)/t19-/m1/s1. The predicted molar refractivity (Wildman–Crippen MR) is 108 cm³/mol. The van der Waals surface area contributed by atoms with E-state index in [0.717, 1.165) is 18.9 Å². The van der Waals surface area contributed by atoms with Gasteiger partial charge in [0.1, 0.15) is 11.6 Å². The summed E-state index contributed by atoms with van der Waals surface area (Å²) in [5.74, 6) is -0.260. The van der Waals surface area contributed by atoms with Crippen molar-refractivity contribution in [3.63, 3.8) is 0 Å². The number of nitrogens with one attached hydrogen (secondary N) is 1. The van der Waals surface area contributed by atoms with Gasteiger partial charge in [-0.15, -0.1) is 0 Å². The number of nitrogens with zero attached hydrogens (tertiary/aromatic N) is 2. The van der Waals surface area contributed by atoms with Gasteiger partial charge in [0.2, 0.25) is 0 Å². The summed E-state index contributed by atoms with van der Waals surface area (Å²) in [7, 11) is 0. The number of aryl methyl sites for hydroxylation is 1. The highest BCUT2D eigenvalue weighted by molar-refractivity contribution is 5.71. The maximum Gasteiger partial charge on any atom is 0.416 e. The summed E-state index contributed by atoms with van der Waals surface area (Å²) >= 11 is 0. The number of aliphatic carboxylic acids is 1. The van der Waals surface area contributed by atoms with E-state index < -0.39 is 30.0 Å². The molecule has 1 aromatic carbocycles. The average molecular weight is 451 g/mol. The summed E-state index contributed by atoms with van der Waals surface area (Å²) in [5, 5.41) is 12.7. The Morgan fingerprint density at radius 2 is 1.91 bits per heavy atom. The number of carboxylic acids is 1. The fourth-order valence-corrected chi connectivity index (χ4v) is 4.12. The smallest absolute Gasteiger partial charge is 0.416 e. The molecule has 4 rings (SSSR count). The zero-order valence-corrected chi connectivity index (χ0v) is 17.7. The minimum atomic E-state index is -4.45. The third-order valence-electron chi connectivity index (χ3n) is 5.71. The highest BCUT2D eigenvalue weighted by atomic mass is 19.4. The van der Waals surface area contributed by atoms with E-state index in [1.54, 1.807) is 13.0 Å². The Balaban J connectivity index is 1.78. The average Bonchev–Trinajstić information content (AvgIpc) is 3.39. The number of aromatic nitrogens is 2. The number of anilines is 1. The fourth-order valence-electron chi connectivity index (χ4n) is 4.12. The van der Waals surface area contributed by atoms with Crippen molar-refractivity contribution in [2.24, 2.45) is 5.92 Å². The number of rotatable bonds is 7. The minimum absolute atomic E-state index is 0.133. The molecule has 0 unspecified atom stereocenters. The van der Waals surface area contributed by atoms with Crippen molar-refractivity contribution < 1.29 is 32.5 Å². The van der Waals surface area contributed by atoms with Crippen LogP contribution in [0.4, 0.5) is 19.0 Å². The van der Waals surface area contributed by atoms with Crippen LogP contribution in [0, 0.1) is 19.8 Å². The number of halogens is 3. The maximum atomic E-state index is 13.5. The number of carbonyl (C=O) groups is 1. The number of carboxylic acid groups (broad SMARTS) is 1. The zero-order valence-electron chi connectivity index (χ0n) is 17.7. The van der Waals surface area contributed by atoms with Gasteiger partial charge in [-0.3, -0.25) is 4.79 Å². The second-order valence-electron chi connectivity index (χ2n) is 8.10. The van der Waals surface area contributed by atoms with Gasteiger partial charge in [-0.25, -0.2) is 9.97 Å². The summed E-state index contributed by atoms with van der Waals surface area (Å²) in [6.07, 6.45) is -3.91. The Hall–Kier alpha value is -2.72. The zero-order chi connectivity index (χ0) is 23.0. The van der Waals surface area contributed by atoms with E-state index in [4.69, 9.17) is 9.47 Å². The number of hydrogen-bond donors (Lipinski definition) is 2. The molecule has 1 saturated carbocycles. The van der Waals surface area contributed by atoms with E-state index >= 15 is 0 Å². The van der Waals surface area contributed by atoms with Gasteiger partial charge in [0, 0.05) is 0 Å². The summed E-state index contributed by atoms with van der Waals surface area (Å²) in [6.45, 7) is 3.78. The molecule has 0 radical (unpaired) electrons. The molecule has 32 heavy (non-hydrogen) atoms. The molecule has 0 spiro atoms. The molecule has 1 atom stereocenters. The Bertz CT molecular complexity index is 1020. The molecule has 2 aliphatic rings. The molecule has 10 heteroatoms. The Labute approximate surface area is 183 Å². The lowest BCUT2D eigenvalue weighted by Crippen LogP contribution is -2.21. The minimum Gasteiger partial charge on any atom is -0.481 e. The summed E-state index contributed by atoms with van der Waals surface area (Å²) in [5.41, 5.74) is 0.671. The molecule has 1 saturated heterocycles. The molecule has 2 N–H and O–H groups in total. The van der Waals surface area contributed by atoms with Crippen molar-refractivity contribution in [1.82, 2.24) is 9.97 Å². The van der Waals surface area contributed by atoms with Crippen LogP contribution in [0.3, 0.4) is 0 Å². The molecule has 2 fully saturated rings. The van der Waals surface area contributed by atoms with Crippen molar-refractivity contribution >= 4 is 11.8 Å². The van der Waals surface area contributed by atoms with Crippen LogP contribution in [0.5, 0.6) is 0 Å². The fraction of sp³-hybridized carbons (Fsp3) is 0.500. The first-order valence-corrected chi connectivity index (χ1v) is 10.4. The molecule has 1 aliphatic carbocycles. The second-order valence-corrected chi connectivity index (χ2v) is 8.10. The predicted octanol–water partition coefficient (Wildman–Crippen LogP) is 4.35. The van der Waals surface area contributed by atoms with Gasteiger partial charge >= 0.3 is 12.1 Å². The molecular weight excluding hydrogens is 427 g/mol. The van der Waals surface area contributed by atoms with E-state index in [1.165, 1.54) is 13.0 Å². The van der Waals surface area contributed by atoms with Gasteiger partial charge in [-0.05, 0) is 49.8 Å². The van der Waals surface area contributed by atoms with Crippen molar-refractivity contribution in [3.05, 3.63) is 52.0 Å². The first-order valence-electron chi connectivity index (χ1n) is 10.4. The second kappa shape index (κ2) is 8.67. The molecule has 172 valence electrons. The molecule has 7 nitrogen and oxygen atoms in total. The van der Waals surface area contributed by atoms with E-state index in [9.17, 15) is 23.1 Å². The van der Waals surface area contributed by atoms with E-state index in [2.05, 4.69) is 15.3 Å². The van der Waals surface area contributed by atoms with Crippen LogP contribution in [0.25, 0.3) is 0 Å². The highest BCUT2D eigenvalue weighted by Gasteiger charge is 2.39. The molecule has 2 heterocycles. The monoisotopic (exact) mass is 451 g/mol. The maximum absolute atomic E-state index is 13.5. The van der Waals surface area contributed by atoms with E-state index in [1.807, 2.05) is 0 Å². The molecule has 1 aromatic heterocycles. The number of benzene rings is 1. The topological polar surface area (TPSA) is 93.6 Å². The van der Waals surface area contributed by atoms with Crippen molar-refractivity contribution in [1.29, 1.82) is 0 Å². The van der Waals surface area contributed by atoms with Crippen molar-refractivity contribution in [2.45, 2.75) is 51.6 Å². The first kappa shape index (κ1) is 22.5. The Morgan fingerprint density at radius 1 is 1.22 bits per heavy atom. The number of ether oxygens (including phenoxy) is 2. The number of hydrogen-bond acceptors (Lipinski definition) is 6. The quantitative estimate of drug-likeness (QED) is 0.647. The van der Waals surface area contributed by atoms with Gasteiger partial charge in [0.05, 0.1) is 42.5 Å². The molecule has 0 amide bonds. The molecular formula is C22H24F3N3O4. The van der Waals surface area contributed by atoms with E-state index in [-0.39, 0.29) is 23.6 Å². The van der Waals surface area contributed by atoms with Gasteiger partial charge < -0.3 is 19.9 Å². The normalized spacial score (nSPS) is 18.0. The Kier molecular flexibility index (Phi) is 6.09. The Morgan fingerprint density at radius 3 is 2.50 bits per heavy atom. The lowest BCUT2D eigenvalue weighted by atomic mass is 9.93. The third kappa shape index (κ3) is 4.71. The lowest BCUT2D eigenvalue weighted by molar-refractivity contribution is -0.138. The molecule has 2 aromatic rings.